The number of hydrogen-bond acceptors (Lipinski definition) is 5. The molecule has 0 saturated carbocycles. The van der Waals surface area contributed by atoms with Crippen LogP contribution in [0.3, 0.4) is 0 Å². The average molecular weight is 320 g/mol. The minimum Gasteiger partial charge on any atom is -0.433 e. The summed E-state index contributed by atoms with van der Waals surface area (Å²) in [7, 11) is 0. The molecule has 0 atom stereocenters. The second-order valence-electron chi connectivity index (χ2n) is 4.04. The van der Waals surface area contributed by atoms with Crippen LogP contribution >= 0.6 is 15.9 Å². The van der Waals surface area contributed by atoms with Crippen LogP contribution in [-0.4, -0.2) is 19.6 Å². The van der Waals surface area contributed by atoms with Crippen molar-refractivity contribution in [3.8, 4) is 11.6 Å². The van der Waals surface area contributed by atoms with Gasteiger partial charge in [0.15, 0.2) is 5.75 Å². The number of nitrogen functional groups attached to an aromatic ring is 1. The third-order valence-corrected chi connectivity index (χ3v) is 3.11. The van der Waals surface area contributed by atoms with Crippen LogP contribution in [-0.2, 0) is 0 Å². The number of anilines is 1. The lowest BCUT2D eigenvalue weighted by Gasteiger charge is -2.11. The topological polar surface area (TPSA) is 78.3 Å². The predicted molar refractivity (Wildman–Crippen MR) is 74.1 cm³/mol. The van der Waals surface area contributed by atoms with Crippen LogP contribution in [0.2, 0.25) is 0 Å². The number of aromatic nitrogens is 4. The van der Waals surface area contributed by atoms with Gasteiger partial charge in [0, 0.05) is 16.9 Å². The lowest BCUT2D eigenvalue weighted by Crippen LogP contribution is -1.98. The Hall–Kier alpha value is -2.15. The first-order valence-corrected chi connectivity index (χ1v) is 6.32. The lowest BCUT2D eigenvalue weighted by molar-refractivity contribution is 0.463. The first-order chi connectivity index (χ1) is 9.15. The predicted octanol–water partition coefficient (Wildman–Crippen LogP) is 2.57. The molecule has 3 aromatic rings. The van der Waals surface area contributed by atoms with Crippen molar-refractivity contribution in [2.45, 2.75) is 6.92 Å². The zero-order chi connectivity index (χ0) is 13.4. The van der Waals surface area contributed by atoms with E-state index in [1.807, 2.05) is 13.0 Å². The SMILES string of the molecule is Cc1cc(Br)cc(N)c1Oc1nccn2cnnc12. The zero-order valence-corrected chi connectivity index (χ0v) is 11.6. The molecule has 0 aliphatic carbocycles. The molecule has 0 aliphatic heterocycles. The summed E-state index contributed by atoms with van der Waals surface area (Å²) >= 11 is 3.39. The molecule has 96 valence electrons. The molecule has 0 fully saturated rings. The van der Waals surface area contributed by atoms with Crippen LogP contribution in [0.25, 0.3) is 5.65 Å². The van der Waals surface area contributed by atoms with E-state index in [2.05, 4.69) is 31.1 Å². The second-order valence-corrected chi connectivity index (χ2v) is 4.95. The molecule has 2 heterocycles. The van der Waals surface area contributed by atoms with E-state index >= 15 is 0 Å². The van der Waals surface area contributed by atoms with Gasteiger partial charge in [0.25, 0.3) is 5.88 Å². The smallest absolute Gasteiger partial charge is 0.265 e. The van der Waals surface area contributed by atoms with Crippen molar-refractivity contribution in [1.82, 2.24) is 19.6 Å². The van der Waals surface area contributed by atoms with Crippen LogP contribution in [0.4, 0.5) is 5.69 Å². The number of fused-ring (bicyclic) bond motifs is 1. The van der Waals surface area contributed by atoms with Crippen LogP contribution in [0.1, 0.15) is 5.56 Å². The molecule has 7 heteroatoms. The summed E-state index contributed by atoms with van der Waals surface area (Å²) in [6.07, 6.45) is 4.96. The van der Waals surface area contributed by atoms with Gasteiger partial charge in [-0.1, -0.05) is 15.9 Å². The summed E-state index contributed by atoms with van der Waals surface area (Å²) in [6.45, 7) is 1.92. The highest BCUT2D eigenvalue weighted by Crippen LogP contribution is 2.33. The Kier molecular flexibility index (Phi) is 2.83. The number of aryl methyl sites for hydroxylation is 1. The molecule has 6 nitrogen and oxygen atoms in total. The van der Waals surface area contributed by atoms with Crippen molar-refractivity contribution >= 4 is 27.3 Å². The Labute approximate surface area is 117 Å². The van der Waals surface area contributed by atoms with E-state index < -0.39 is 0 Å². The largest absolute Gasteiger partial charge is 0.433 e. The quantitative estimate of drug-likeness (QED) is 0.734. The molecule has 0 aliphatic rings. The Morgan fingerprint density at radius 1 is 1.37 bits per heavy atom. The Morgan fingerprint density at radius 2 is 2.21 bits per heavy atom. The van der Waals surface area contributed by atoms with E-state index in [-0.39, 0.29) is 0 Å². The number of benzene rings is 1. The minimum absolute atomic E-state index is 0.372. The maximum atomic E-state index is 5.96. The van der Waals surface area contributed by atoms with Crippen molar-refractivity contribution in [1.29, 1.82) is 0 Å². The van der Waals surface area contributed by atoms with Crippen LogP contribution in [0, 0.1) is 6.92 Å². The Balaban J connectivity index is 2.09. The van der Waals surface area contributed by atoms with Crippen LogP contribution in [0.15, 0.2) is 35.3 Å². The molecule has 1 aromatic carbocycles. The van der Waals surface area contributed by atoms with Gasteiger partial charge < -0.3 is 10.5 Å². The highest BCUT2D eigenvalue weighted by atomic mass is 79.9. The normalized spacial score (nSPS) is 10.8. The average Bonchev–Trinajstić information content (AvgIpc) is 2.82. The Morgan fingerprint density at radius 3 is 3.00 bits per heavy atom. The van der Waals surface area contributed by atoms with Crippen molar-refractivity contribution < 1.29 is 4.74 Å². The van der Waals surface area contributed by atoms with Crippen LogP contribution in [0.5, 0.6) is 11.6 Å². The maximum absolute atomic E-state index is 5.96. The first kappa shape index (κ1) is 11.9. The summed E-state index contributed by atoms with van der Waals surface area (Å²) in [5.41, 5.74) is 7.96. The molecule has 0 bridgehead atoms. The van der Waals surface area contributed by atoms with E-state index in [0.717, 1.165) is 10.0 Å². The fraction of sp³-hybridized carbons (Fsp3) is 0.0833. The maximum Gasteiger partial charge on any atom is 0.265 e. The molecule has 2 aromatic heterocycles. The van der Waals surface area contributed by atoms with Gasteiger partial charge in [0.05, 0.1) is 5.69 Å². The number of halogens is 1. The molecule has 3 rings (SSSR count). The van der Waals surface area contributed by atoms with Gasteiger partial charge in [-0.15, -0.1) is 10.2 Å². The van der Waals surface area contributed by atoms with E-state index in [9.17, 15) is 0 Å². The van der Waals surface area contributed by atoms with E-state index in [0.29, 0.717) is 23.0 Å². The van der Waals surface area contributed by atoms with Crippen molar-refractivity contribution in [2.75, 3.05) is 5.73 Å². The van der Waals surface area contributed by atoms with Gasteiger partial charge in [-0.05, 0) is 24.6 Å². The van der Waals surface area contributed by atoms with E-state index in [1.165, 1.54) is 0 Å². The van der Waals surface area contributed by atoms with E-state index in [4.69, 9.17) is 10.5 Å². The summed E-state index contributed by atoms with van der Waals surface area (Å²) in [4.78, 5) is 4.17. The molecule has 2 N–H and O–H groups in total. The van der Waals surface area contributed by atoms with Gasteiger partial charge in [-0.25, -0.2) is 4.98 Å². The highest BCUT2D eigenvalue weighted by molar-refractivity contribution is 9.10. The summed E-state index contributed by atoms with van der Waals surface area (Å²) in [5, 5.41) is 7.78. The molecule has 0 saturated heterocycles. The molecule has 0 amide bonds. The number of nitrogens with two attached hydrogens (primary N) is 1. The van der Waals surface area contributed by atoms with Crippen molar-refractivity contribution in [3.05, 3.63) is 40.9 Å². The third kappa shape index (κ3) is 2.12. The van der Waals surface area contributed by atoms with E-state index in [1.54, 1.807) is 29.2 Å². The summed E-state index contributed by atoms with van der Waals surface area (Å²) < 4.78 is 8.42. The fourth-order valence-electron chi connectivity index (χ4n) is 1.80. The molecule has 0 unspecified atom stereocenters. The van der Waals surface area contributed by atoms with Gasteiger partial charge in [-0.2, -0.15) is 0 Å². The standard InChI is InChI=1S/C12H10BrN5O/c1-7-4-8(13)5-9(14)10(7)19-12-11-17-16-6-18(11)3-2-15-12/h2-6H,14H2,1H3. The lowest BCUT2D eigenvalue weighted by atomic mass is 10.2. The van der Waals surface area contributed by atoms with Crippen molar-refractivity contribution in [3.63, 3.8) is 0 Å². The fourth-order valence-corrected chi connectivity index (χ4v) is 2.39. The molecule has 19 heavy (non-hydrogen) atoms. The van der Waals surface area contributed by atoms with Gasteiger partial charge in [-0.3, -0.25) is 4.40 Å². The number of nitrogens with zero attached hydrogens (tertiary/aromatic N) is 4. The monoisotopic (exact) mass is 319 g/mol. The summed E-state index contributed by atoms with van der Waals surface area (Å²) in [5.74, 6) is 0.948. The first-order valence-electron chi connectivity index (χ1n) is 5.53. The van der Waals surface area contributed by atoms with Crippen LogP contribution < -0.4 is 10.5 Å². The zero-order valence-electron chi connectivity index (χ0n) is 10.0. The second kappa shape index (κ2) is 4.51. The van der Waals surface area contributed by atoms with Gasteiger partial charge in [0.1, 0.15) is 6.33 Å². The highest BCUT2D eigenvalue weighted by Gasteiger charge is 2.12. The third-order valence-electron chi connectivity index (χ3n) is 2.65. The molecule has 0 radical (unpaired) electrons. The Bertz CT molecular complexity index is 732. The number of ether oxygens (including phenoxy) is 1. The number of hydrogen-bond donors (Lipinski definition) is 1. The molecular weight excluding hydrogens is 310 g/mol. The van der Waals surface area contributed by atoms with Crippen molar-refractivity contribution in [2.24, 2.45) is 0 Å². The van der Waals surface area contributed by atoms with Gasteiger partial charge >= 0.3 is 0 Å². The molecular formula is C12H10BrN5O. The summed E-state index contributed by atoms with van der Waals surface area (Å²) in [6, 6.07) is 3.71. The van der Waals surface area contributed by atoms with Gasteiger partial charge in [0.2, 0.25) is 5.65 Å². The minimum atomic E-state index is 0.372. The number of rotatable bonds is 2. The molecule has 0 spiro atoms.